The van der Waals surface area contributed by atoms with Gasteiger partial charge in [0.15, 0.2) is 5.69 Å². The molecule has 0 atom stereocenters. The van der Waals surface area contributed by atoms with Crippen molar-refractivity contribution in [3.8, 4) is 0 Å². The molecule has 150 valence electrons. The average molecular weight is 392 g/mol. The molecule has 2 aromatic carbocycles. The van der Waals surface area contributed by atoms with E-state index >= 15 is 0 Å². The minimum absolute atomic E-state index is 0.0398. The van der Waals surface area contributed by atoms with Crippen molar-refractivity contribution < 1.29 is 9.18 Å². The molecule has 0 aliphatic rings. The molecule has 3 aromatic rings. The molecule has 0 radical (unpaired) electrons. The van der Waals surface area contributed by atoms with E-state index in [1.54, 1.807) is 29.2 Å². The third-order valence-corrected chi connectivity index (χ3v) is 4.60. The Balaban J connectivity index is 1.58. The molecule has 0 bridgehead atoms. The van der Waals surface area contributed by atoms with Gasteiger partial charge in [0.1, 0.15) is 11.6 Å². The Morgan fingerprint density at radius 1 is 0.966 bits per heavy atom. The van der Waals surface area contributed by atoms with Gasteiger partial charge in [-0.25, -0.2) is 4.39 Å². The first-order valence-electron chi connectivity index (χ1n) is 9.70. The van der Waals surface area contributed by atoms with Gasteiger partial charge in [-0.05, 0) is 55.7 Å². The first kappa shape index (κ1) is 20.5. The highest BCUT2D eigenvalue weighted by Crippen LogP contribution is 2.13. The van der Waals surface area contributed by atoms with E-state index in [-0.39, 0.29) is 17.8 Å². The number of aromatic nitrogens is 2. The molecule has 0 aliphatic carbocycles. The zero-order valence-corrected chi connectivity index (χ0v) is 16.7. The van der Waals surface area contributed by atoms with Crippen molar-refractivity contribution in [1.82, 2.24) is 15.1 Å². The number of nitrogens with one attached hydrogen (secondary N) is 1. The second kappa shape index (κ2) is 9.78. The monoisotopic (exact) mass is 392 g/mol. The van der Waals surface area contributed by atoms with Gasteiger partial charge >= 0.3 is 0 Å². The smallest absolute Gasteiger partial charge is 0.274 e. The average Bonchev–Trinajstić information content (AvgIpc) is 2.74. The fourth-order valence-electron chi connectivity index (χ4n) is 2.94. The summed E-state index contributed by atoms with van der Waals surface area (Å²) in [5, 5.41) is 11.4. The van der Waals surface area contributed by atoms with Gasteiger partial charge in [-0.3, -0.25) is 4.79 Å². The highest BCUT2D eigenvalue weighted by Gasteiger charge is 2.20. The summed E-state index contributed by atoms with van der Waals surface area (Å²) < 4.78 is 12.9. The fourth-order valence-corrected chi connectivity index (χ4v) is 2.94. The number of carbonyl (C=O) groups excluding carboxylic acids is 1. The van der Waals surface area contributed by atoms with Crippen LogP contribution in [-0.2, 0) is 13.0 Å². The maximum Gasteiger partial charge on any atom is 0.274 e. The quantitative estimate of drug-likeness (QED) is 0.620. The summed E-state index contributed by atoms with van der Waals surface area (Å²) >= 11 is 0. The van der Waals surface area contributed by atoms with Crippen molar-refractivity contribution in [2.75, 3.05) is 11.9 Å². The Morgan fingerprint density at radius 3 is 2.31 bits per heavy atom. The molecule has 1 aromatic heterocycles. The van der Waals surface area contributed by atoms with Crippen molar-refractivity contribution >= 4 is 11.7 Å². The van der Waals surface area contributed by atoms with Crippen LogP contribution < -0.4 is 5.32 Å². The van der Waals surface area contributed by atoms with E-state index in [2.05, 4.69) is 15.5 Å². The van der Waals surface area contributed by atoms with Crippen LogP contribution in [0.5, 0.6) is 0 Å². The van der Waals surface area contributed by atoms with E-state index in [0.717, 1.165) is 17.5 Å². The molecule has 0 saturated heterocycles. The van der Waals surface area contributed by atoms with Gasteiger partial charge in [0.2, 0.25) is 0 Å². The number of hydrogen-bond donors (Lipinski definition) is 1. The number of halogens is 1. The van der Waals surface area contributed by atoms with E-state index < -0.39 is 0 Å². The Hall–Kier alpha value is -3.28. The van der Waals surface area contributed by atoms with E-state index in [1.165, 1.54) is 12.1 Å². The van der Waals surface area contributed by atoms with Crippen LogP contribution in [0.2, 0.25) is 0 Å². The fraction of sp³-hybridized carbons (Fsp3) is 0.261. The summed E-state index contributed by atoms with van der Waals surface area (Å²) in [5.41, 5.74) is 2.42. The highest BCUT2D eigenvalue weighted by molar-refractivity contribution is 5.92. The van der Waals surface area contributed by atoms with Crippen LogP contribution in [0.3, 0.4) is 0 Å². The molecule has 1 amide bonds. The lowest BCUT2D eigenvalue weighted by Crippen LogP contribution is -2.37. The van der Waals surface area contributed by atoms with Crippen molar-refractivity contribution in [3.05, 3.63) is 89.4 Å². The highest BCUT2D eigenvalue weighted by atomic mass is 19.1. The summed E-state index contributed by atoms with van der Waals surface area (Å²) in [6.45, 7) is 5.13. The van der Waals surface area contributed by atoms with Crippen LogP contribution in [0.4, 0.5) is 10.2 Å². The van der Waals surface area contributed by atoms with Gasteiger partial charge in [-0.2, -0.15) is 0 Å². The normalized spacial score (nSPS) is 10.8. The Bertz CT molecular complexity index is 912. The van der Waals surface area contributed by atoms with E-state index in [4.69, 9.17) is 0 Å². The Morgan fingerprint density at radius 2 is 1.69 bits per heavy atom. The molecule has 6 heteroatoms. The van der Waals surface area contributed by atoms with Crippen LogP contribution in [0.25, 0.3) is 0 Å². The summed E-state index contributed by atoms with van der Waals surface area (Å²) in [4.78, 5) is 14.7. The van der Waals surface area contributed by atoms with E-state index in [1.807, 2.05) is 44.2 Å². The summed E-state index contributed by atoms with van der Waals surface area (Å²) in [7, 11) is 0. The molecule has 3 rings (SSSR count). The van der Waals surface area contributed by atoms with Gasteiger partial charge in [-0.15, -0.1) is 10.2 Å². The molecule has 0 aliphatic heterocycles. The summed E-state index contributed by atoms with van der Waals surface area (Å²) in [6, 6.07) is 19.8. The first-order chi connectivity index (χ1) is 14.0. The third kappa shape index (κ3) is 5.85. The number of hydrogen-bond acceptors (Lipinski definition) is 4. The van der Waals surface area contributed by atoms with Crippen molar-refractivity contribution in [1.29, 1.82) is 0 Å². The number of rotatable bonds is 8. The van der Waals surface area contributed by atoms with Crippen molar-refractivity contribution in [2.45, 2.75) is 32.9 Å². The number of nitrogens with zero attached hydrogens (tertiary/aromatic N) is 3. The molecule has 1 N–H and O–H groups in total. The molecule has 1 heterocycles. The van der Waals surface area contributed by atoms with Crippen LogP contribution in [0.15, 0.2) is 66.7 Å². The van der Waals surface area contributed by atoms with Crippen molar-refractivity contribution in [2.24, 2.45) is 0 Å². The second-order valence-corrected chi connectivity index (χ2v) is 7.12. The van der Waals surface area contributed by atoms with E-state index in [9.17, 15) is 9.18 Å². The van der Waals surface area contributed by atoms with Gasteiger partial charge in [0, 0.05) is 19.1 Å². The van der Waals surface area contributed by atoms with Crippen LogP contribution in [-0.4, -0.2) is 33.6 Å². The molecule has 29 heavy (non-hydrogen) atoms. The molecular formula is C23H25FN4O. The predicted molar refractivity (Wildman–Crippen MR) is 112 cm³/mol. The zero-order chi connectivity index (χ0) is 20.6. The molecule has 5 nitrogen and oxygen atoms in total. The summed E-state index contributed by atoms with van der Waals surface area (Å²) in [6.07, 6.45) is 0.737. The van der Waals surface area contributed by atoms with Crippen LogP contribution in [0, 0.1) is 5.82 Å². The largest absolute Gasteiger partial charge is 0.368 e. The maximum atomic E-state index is 12.9. The number of amides is 1. The lowest BCUT2D eigenvalue weighted by atomic mass is 10.1. The number of carbonyl (C=O) groups is 1. The molecule has 0 spiro atoms. The van der Waals surface area contributed by atoms with Gasteiger partial charge < -0.3 is 10.2 Å². The Kier molecular flexibility index (Phi) is 6.89. The van der Waals surface area contributed by atoms with Gasteiger partial charge in [0.25, 0.3) is 5.91 Å². The van der Waals surface area contributed by atoms with Crippen LogP contribution >= 0.6 is 0 Å². The topological polar surface area (TPSA) is 58.1 Å². The van der Waals surface area contributed by atoms with Crippen LogP contribution in [0.1, 0.15) is 35.5 Å². The van der Waals surface area contributed by atoms with Gasteiger partial charge in [-0.1, -0.05) is 42.5 Å². The Labute approximate surface area is 170 Å². The molecule has 0 saturated carbocycles. The molecule has 0 unspecified atom stereocenters. The minimum atomic E-state index is -0.240. The predicted octanol–water partition coefficient (Wildman–Crippen LogP) is 4.32. The lowest BCUT2D eigenvalue weighted by Gasteiger charge is -2.26. The van der Waals surface area contributed by atoms with Crippen molar-refractivity contribution in [3.63, 3.8) is 0 Å². The first-order valence-corrected chi connectivity index (χ1v) is 9.70. The summed E-state index contributed by atoms with van der Waals surface area (Å²) in [5.74, 6) is 0.215. The second-order valence-electron chi connectivity index (χ2n) is 7.12. The zero-order valence-electron chi connectivity index (χ0n) is 16.7. The van der Waals surface area contributed by atoms with E-state index in [0.29, 0.717) is 24.6 Å². The lowest BCUT2D eigenvalue weighted by molar-refractivity contribution is 0.0683. The SMILES string of the molecule is CC(C)N(Cc1ccccc1)C(=O)c1ccc(NCCc2ccc(F)cc2)nn1. The number of anilines is 1. The minimum Gasteiger partial charge on any atom is -0.368 e. The maximum absolute atomic E-state index is 12.9. The van der Waals surface area contributed by atoms with Gasteiger partial charge in [0.05, 0.1) is 0 Å². The third-order valence-electron chi connectivity index (χ3n) is 4.60. The molecular weight excluding hydrogens is 367 g/mol. The number of benzene rings is 2. The standard InChI is InChI=1S/C23H25FN4O/c1-17(2)28(16-19-6-4-3-5-7-19)23(29)21-12-13-22(27-26-21)25-15-14-18-8-10-20(24)11-9-18/h3-13,17H,14-16H2,1-2H3,(H,25,27). The molecule has 0 fully saturated rings.